The summed E-state index contributed by atoms with van der Waals surface area (Å²) in [7, 11) is 0. The molecule has 3 heterocycles. The highest BCUT2D eigenvalue weighted by Gasteiger charge is 2.25. The largest absolute Gasteiger partial charge is 0.473 e. The van der Waals surface area contributed by atoms with Gasteiger partial charge < -0.3 is 24.4 Å². The van der Waals surface area contributed by atoms with Gasteiger partial charge in [-0.1, -0.05) is 0 Å². The number of carbonyl (C=O) groups is 1. The van der Waals surface area contributed by atoms with E-state index >= 15 is 0 Å². The minimum Gasteiger partial charge on any atom is -0.473 e. The molecule has 34 heavy (non-hydrogen) atoms. The number of hydrogen-bond acceptors (Lipinski definition) is 7. The zero-order chi connectivity index (χ0) is 23.9. The van der Waals surface area contributed by atoms with Crippen LogP contribution in [0, 0.1) is 11.7 Å². The van der Waals surface area contributed by atoms with Gasteiger partial charge in [0.15, 0.2) is 0 Å². The van der Waals surface area contributed by atoms with Crippen LogP contribution in [0.3, 0.4) is 0 Å². The van der Waals surface area contributed by atoms with Crippen LogP contribution >= 0.6 is 0 Å². The minimum atomic E-state index is -0.363. The number of aromatic nitrogens is 2. The third kappa shape index (κ3) is 6.64. The van der Waals surface area contributed by atoms with Crippen LogP contribution in [-0.4, -0.2) is 66.0 Å². The second-order valence-corrected chi connectivity index (χ2v) is 9.19. The first kappa shape index (κ1) is 24.3. The van der Waals surface area contributed by atoms with Crippen LogP contribution in [0.5, 0.6) is 17.5 Å². The third-order valence-corrected chi connectivity index (χ3v) is 6.30. The summed E-state index contributed by atoms with van der Waals surface area (Å²) < 4.78 is 30.3. The molecule has 2 saturated heterocycles. The quantitative estimate of drug-likeness (QED) is 0.625. The Bertz CT molecular complexity index is 950. The predicted molar refractivity (Wildman–Crippen MR) is 125 cm³/mol. The summed E-state index contributed by atoms with van der Waals surface area (Å²) in [5.74, 6) is 0.476. The second kappa shape index (κ2) is 11.6. The molecule has 0 spiro atoms. The van der Waals surface area contributed by atoms with E-state index in [1.165, 1.54) is 30.3 Å². The summed E-state index contributed by atoms with van der Waals surface area (Å²) in [4.78, 5) is 15.7. The van der Waals surface area contributed by atoms with E-state index in [2.05, 4.69) is 34.3 Å². The van der Waals surface area contributed by atoms with Gasteiger partial charge in [-0.2, -0.15) is 0 Å². The molecule has 2 aliphatic heterocycles. The number of piperidine rings is 1. The average molecular weight is 473 g/mol. The molecule has 2 aromatic rings. The molecule has 2 fully saturated rings. The van der Waals surface area contributed by atoms with Crippen LogP contribution in [0.25, 0.3) is 0 Å². The number of nitrogens with zero attached hydrogens (tertiary/aromatic N) is 3. The Hall–Kier alpha value is -2.78. The van der Waals surface area contributed by atoms with E-state index in [0.29, 0.717) is 37.5 Å². The van der Waals surface area contributed by atoms with Crippen LogP contribution in [0.4, 0.5) is 4.39 Å². The molecule has 0 unspecified atom stereocenters. The summed E-state index contributed by atoms with van der Waals surface area (Å²) in [5, 5.41) is 11.3. The number of likely N-dealkylation sites (tertiary alicyclic amines) is 1. The number of rotatable bonds is 8. The van der Waals surface area contributed by atoms with Gasteiger partial charge in [0, 0.05) is 38.0 Å². The van der Waals surface area contributed by atoms with Gasteiger partial charge in [0.25, 0.3) is 5.91 Å². The first-order valence-corrected chi connectivity index (χ1v) is 12.1. The van der Waals surface area contributed by atoms with Gasteiger partial charge in [-0.15, -0.1) is 10.2 Å². The Labute approximate surface area is 199 Å². The highest BCUT2D eigenvalue weighted by molar-refractivity contribution is 5.96. The van der Waals surface area contributed by atoms with Crippen molar-refractivity contribution >= 4 is 5.91 Å². The van der Waals surface area contributed by atoms with Crippen LogP contribution in [0.2, 0.25) is 0 Å². The molecule has 0 radical (unpaired) electrons. The Balaban J connectivity index is 1.47. The smallest absolute Gasteiger partial charge is 0.257 e. The van der Waals surface area contributed by atoms with Gasteiger partial charge in [-0.3, -0.25) is 4.79 Å². The van der Waals surface area contributed by atoms with Crippen molar-refractivity contribution < 1.29 is 23.4 Å². The number of benzene rings is 1. The number of nitrogens with one attached hydrogen (secondary N) is 1. The molecule has 1 N–H and O–H groups in total. The number of amides is 1. The van der Waals surface area contributed by atoms with E-state index < -0.39 is 0 Å². The molecule has 8 nitrogen and oxygen atoms in total. The van der Waals surface area contributed by atoms with Crippen molar-refractivity contribution in [3.8, 4) is 17.5 Å². The van der Waals surface area contributed by atoms with Gasteiger partial charge in [0.2, 0.25) is 11.8 Å². The van der Waals surface area contributed by atoms with Crippen LogP contribution in [0.1, 0.15) is 49.9 Å². The van der Waals surface area contributed by atoms with Gasteiger partial charge in [-0.25, -0.2) is 4.39 Å². The molecule has 1 aromatic heterocycles. The molecule has 0 aliphatic carbocycles. The van der Waals surface area contributed by atoms with E-state index in [1.807, 2.05) is 0 Å². The van der Waals surface area contributed by atoms with Crippen molar-refractivity contribution in [3.63, 3.8) is 0 Å². The third-order valence-electron chi connectivity index (χ3n) is 6.30. The average Bonchev–Trinajstić information content (AvgIpc) is 2.85. The fraction of sp³-hybridized carbons (Fsp3) is 0.560. The zero-order valence-electron chi connectivity index (χ0n) is 19.8. The van der Waals surface area contributed by atoms with Crippen LogP contribution < -0.4 is 14.8 Å². The zero-order valence-corrected chi connectivity index (χ0v) is 19.8. The van der Waals surface area contributed by atoms with Crippen molar-refractivity contribution in [2.75, 3.05) is 32.8 Å². The predicted octanol–water partition coefficient (Wildman–Crippen LogP) is 3.82. The molecule has 1 atom stereocenters. The van der Waals surface area contributed by atoms with Crippen molar-refractivity contribution in [3.05, 3.63) is 41.7 Å². The monoisotopic (exact) mass is 472 g/mol. The van der Waals surface area contributed by atoms with E-state index in [4.69, 9.17) is 14.2 Å². The van der Waals surface area contributed by atoms with Gasteiger partial charge in [0.1, 0.15) is 23.2 Å². The summed E-state index contributed by atoms with van der Waals surface area (Å²) in [6, 6.07) is 7.60. The Morgan fingerprint density at radius 3 is 2.71 bits per heavy atom. The SMILES string of the molecule is CC(C)N1CCC[C@H](CNC(=O)c2cc(Oc3ccc(F)cc3)nnc2OC2CCOCC2)C1. The van der Waals surface area contributed by atoms with E-state index in [9.17, 15) is 9.18 Å². The molecule has 0 saturated carbocycles. The Kier molecular flexibility index (Phi) is 8.29. The molecule has 1 amide bonds. The van der Waals surface area contributed by atoms with Crippen molar-refractivity contribution in [1.29, 1.82) is 0 Å². The lowest BCUT2D eigenvalue weighted by Crippen LogP contribution is -2.43. The lowest BCUT2D eigenvalue weighted by Gasteiger charge is -2.35. The first-order chi connectivity index (χ1) is 16.5. The molecule has 1 aromatic carbocycles. The molecular weight excluding hydrogens is 439 g/mol. The van der Waals surface area contributed by atoms with E-state index in [0.717, 1.165) is 38.8 Å². The van der Waals surface area contributed by atoms with E-state index in [-0.39, 0.29) is 35.2 Å². The van der Waals surface area contributed by atoms with Crippen molar-refractivity contribution in [2.24, 2.45) is 5.92 Å². The Morgan fingerprint density at radius 2 is 1.97 bits per heavy atom. The second-order valence-electron chi connectivity index (χ2n) is 9.19. The fourth-order valence-corrected chi connectivity index (χ4v) is 4.30. The topological polar surface area (TPSA) is 85.8 Å². The lowest BCUT2D eigenvalue weighted by molar-refractivity contribution is 0.0228. The molecular formula is C25H33FN4O4. The number of carbonyl (C=O) groups excluding carboxylic acids is 1. The van der Waals surface area contributed by atoms with Gasteiger partial charge >= 0.3 is 0 Å². The van der Waals surface area contributed by atoms with Crippen molar-refractivity contribution in [1.82, 2.24) is 20.4 Å². The first-order valence-electron chi connectivity index (χ1n) is 12.1. The number of hydrogen-bond donors (Lipinski definition) is 1. The molecule has 184 valence electrons. The van der Waals surface area contributed by atoms with E-state index in [1.54, 1.807) is 0 Å². The number of ether oxygens (including phenoxy) is 3. The summed E-state index contributed by atoms with van der Waals surface area (Å²) in [5.41, 5.74) is 0.273. The highest BCUT2D eigenvalue weighted by atomic mass is 19.1. The van der Waals surface area contributed by atoms with Gasteiger partial charge in [-0.05, 0) is 63.4 Å². The van der Waals surface area contributed by atoms with Crippen molar-refractivity contribution in [2.45, 2.75) is 51.7 Å². The molecule has 4 rings (SSSR count). The molecule has 9 heteroatoms. The highest BCUT2D eigenvalue weighted by Crippen LogP contribution is 2.26. The summed E-state index contributed by atoms with van der Waals surface area (Å²) >= 11 is 0. The standard InChI is InChI=1S/C25H33FN4O4/c1-17(2)30-11-3-4-18(16-30)15-27-24(31)22-14-23(33-20-7-5-19(26)6-8-20)28-29-25(22)34-21-9-12-32-13-10-21/h5-8,14,17-18,21H,3-4,9-13,15-16H2,1-2H3,(H,27,31)/t18-/m1/s1. The fourth-order valence-electron chi connectivity index (χ4n) is 4.30. The van der Waals surface area contributed by atoms with Gasteiger partial charge in [0.05, 0.1) is 13.2 Å². The Morgan fingerprint density at radius 1 is 1.21 bits per heavy atom. The maximum atomic E-state index is 13.2. The molecule has 2 aliphatic rings. The summed E-state index contributed by atoms with van der Waals surface area (Å²) in [6.07, 6.45) is 3.58. The van der Waals surface area contributed by atoms with Crippen LogP contribution in [-0.2, 0) is 4.74 Å². The lowest BCUT2D eigenvalue weighted by atomic mass is 9.97. The molecule has 0 bridgehead atoms. The van der Waals surface area contributed by atoms with Crippen LogP contribution in [0.15, 0.2) is 30.3 Å². The normalized spacial score (nSPS) is 19.7. The maximum absolute atomic E-state index is 13.2. The minimum absolute atomic E-state index is 0.0867. The maximum Gasteiger partial charge on any atom is 0.257 e. The summed E-state index contributed by atoms with van der Waals surface area (Å²) in [6.45, 7) is 8.27. The number of halogens is 1.